The van der Waals surface area contributed by atoms with Crippen molar-refractivity contribution in [2.45, 2.75) is 31.8 Å². The number of halogens is 1. The first-order chi connectivity index (χ1) is 7.09. The van der Waals surface area contributed by atoms with E-state index in [1.807, 2.05) is 4.90 Å². The second-order valence-corrected chi connectivity index (χ2v) is 4.37. The van der Waals surface area contributed by atoms with Gasteiger partial charge in [0, 0.05) is 19.1 Å². The molecule has 1 saturated heterocycles. The molecule has 1 aliphatic heterocycles. The van der Waals surface area contributed by atoms with Crippen LogP contribution in [-0.2, 0) is 9.59 Å². The van der Waals surface area contributed by atoms with Crippen LogP contribution in [-0.4, -0.2) is 53.3 Å². The summed E-state index contributed by atoms with van der Waals surface area (Å²) < 4.78 is 0. The summed E-state index contributed by atoms with van der Waals surface area (Å²) in [4.78, 5) is 26.7. The van der Waals surface area contributed by atoms with Gasteiger partial charge in [-0.2, -0.15) is 0 Å². The van der Waals surface area contributed by atoms with Crippen LogP contribution in [0.15, 0.2) is 0 Å². The summed E-state index contributed by atoms with van der Waals surface area (Å²) in [7, 11) is 0. The number of amides is 2. The Morgan fingerprint density at radius 2 is 2.06 bits per heavy atom. The van der Waals surface area contributed by atoms with Crippen LogP contribution in [0.1, 0.15) is 19.8 Å². The average molecular weight is 248 g/mol. The Bertz CT molecular complexity index is 292. The number of carbonyl (C=O) groups excluding carboxylic acids is 2. The van der Waals surface area contributed by atoms with Crippen LogP contribution in [0, 0.1) is 0 Å². The van der Waals surface area contributed by atoms with Crippen molar-refractivity contribution in [3.8, 4) is 0 Å². The average Bonchev–Trinajstić information content (AvgIpc) is 3.00. The Kier molecular flexibility index (Phi) is 4.15. The summed E-state index contributed by atoms with van der Waals surface area (Å²) >= 11 is 0. The van der Waals surface area contributed by atoms with Crippen LogP contribution in [0.5, 0.6) is 0 Å². The molecular weight excluding hydrogens is 230 g/mol. The van der Waals surface area contributed by atoms with Crippen LogP contribution < -0.4 is 5.73 Å². The number of hydrogen-bond acceptors (Lipinski definition) is 3. The standard InChI is InChI=1S/C10H17N3O2.ClH/c1-7(11)10(15)12-4-5-13(8-2-3-8)9(14)6-12;/h7-8H,2-6,11H2,1H3;1H/t7-;/m0./s1. The van der Waals surface area contributed by atoms with Crippen LogP contribution in [0.25, 0.3) is 0 Å². The Morgan fingerprint density at radius 3 is 2.50 bits per heavy atom. The first-order valence-electron chi connectivity index (χ1n) is 5.43. The minimum atomic E-state index is -0.509. The van der Waals surface area contributed by atoms with E-state index in [-0.39, 0.29) is 30.8 Å². The highest BCUT2D eigenvalue weighted by atomic mass is 35.5. The summed E-state index contributed by atoms with van der Waals surface area (Å²) in [6, 6.07) is -0.0599. The Balaban J connectivity index is 0.00000128. The first kappa shape index (κ1) is 13.3. The van der Waals surface area contributed by atoms with Gasteiger partial charge in [0.05, 0.1) is 12.6 Å². The van der Waals surface area contributed by atoms with Crippen molar-refractivity contribution < 1.29 is 9.59 Å². The third-order valence-corrected chi connectivity index (χ3v) is 2.95. The molecule has 1 heterocycles. The summed E-state index contributed by atoms with van der Waals surface area (Å²) in [6.07, 6.45) is 2.24. The summed E-state index contributed by atoms with van der Waals surface area (Å²) in [6.45, 7) is 3.15. The molecular formula is C10H18ClN3O2. The molecule has 6 heteroatoms. The minimum absolute atomic E-state index is 0. The van der Waals surface area contributed by atoms with E-state index >= 15 is 0 Å². The largest absolute Gasteiger partial charge is 0.336 e. The highest BCUT2D eigenvalue weighted by molar-refractivity contribution is 5.88. The van der Waals surface area contributed by atoms with Gasteiger partial charge in [0.2, 0.25) is 11.8 Å². The summed E-state index contributed by atoms with van der Waals surface area (Å²) in [5.74, 6) is -0.0588. The van der Waals surface area contributed by atoms with Crippen molar-refractivity contribution >= 4 is 24.2 Å². The number of carbonyl (C=O) groups is 2. The number of nitrogens with two attached hydrogens (primary N) is 1. The fourth-order valence-corrected chi connectivity index (χ4v) is 1.93. The van der Waals surface area contributed by atoms with Gasteiger partial charge in [-0.1, -0.05) is 0 Å². The van der Waals surface area contributed by atoms with Crippen molar-refractivity contribution in [1.82, 2.24) is 9.80 Å². The van der Waals surface area contributed by atoms with Gasteiger partial charge in [0.25, 0.3) is 0 Å². The number of rotatable bonds is 2. The van der Waals surface area contributed by atoms with Crippen molar-refractivity contribution in [3.05, 3.63) is 0 Å². The number of piperazine rings is 1. The van der Waals surface area contributed by atoms with Gasteiger partial charge in [0.15, 0.2) is 0 Å². The lowest BCUT2D eigenvalue weighted by molar-refractivity contribution is -0.146. The Labute approximate surface area is 101 Å². The lowest BCUT2D eigenvalue weighted by Crippen LogP contribution is -2.55. The first-order valence-corrected chi connectivity index (χ1v) is 5.43. The molecule has 1 atom stereocenters. The zero-order valence-electron chi connectivity index (χ0n) is 9.39. The van der Waals surface area contributed by atoms with Crippen LogP contribution in [0.3, 0.4) is 0 Å². The SMILES string of the molecule is C[C@H](N)C(=O)N1CCN(C2CC2)C(=O)C1.Cl. The van der Waals surface area contributed by atoms with Gasteiger partial charge in [-0.05, 0) is 19.8 Å². The molecule has 16 heavy (non-hydrogen) atoms. The highest BCUT2D eigenvalue weighted by Crippen LogP contribution is 2.27. The molecule has 2 fully saturated rings. The van der Waals surface area contributed by atoms with Crippen molar-refractivity contribution in [1.29, 1.82) is 0 Å². The summed E-state index contributed by atoms with van der Waals surface area (Å²) in [5.41, 5.74) is 5.50. The molecule has 2 aliphatic rings. The van der Waals surface area contributed by atoms with E-state index in [4.69, 9.17) is 5.73 Å². The highest BCUT2D eigenvalue weighted by Gasteiger charge is 2.37. The summed E-state index contributed by atoms with van der Waals surface area (Å²) in [5, 5.41) is 0. The fraction of sp³-hybridized carbons (Fsp3) is 0.800. The lowest BCUT2D eigenvalue weighted by atomic mass is 10.2. The van der Waals surface area contributed by atoms with Gasteiger partial charge >= 0.3 is 0 Å². The molecule has 0 aromatic carbocycles. The maximum absolute atomic E-state index is 11.7. The third-order valence-electron chi connectivity index (χ3n) is 2.95. The van der Waals surface area contributed by atoms with Crippen molar-refractivity contribution in [2.24, 2.45) is 5.73 Å². The molecule has 0 aromatic heterocycles. The van der Waals surface area contributed by atoms with Gasteiger partial charge in [-0.25, -0.2) is 0 Å². The molecule has 0 bridgehead atoms. The molecule has 1 saturated carbocycles. The van der Waals surface area contributed by atoms with E-state index in [9.17, 15) is 9.59 Å². The van der Waals surface area contributed by atoms with E-state index in [0.717, 1.165) is 12.8 Å². The Hall–Kier alpha value is -0.810. The van der Waals surface area contributed by atoms with Crippen molar-refractivity contribution in [2.75, 3.05) is 19.6 Å². The van der Waals surface area contributed by atoms with E-state index < -0.39 is 6.04 Å². The maximum atomic E-state index is 11.7. The van der Waals surface area contributed by atoms with Gasteiger partial charge < -0.3 is 15.5 Å². The lowest BCUT2D eigenvalue weighted by Gasteiger charge is -2.35. The fourth-order valence-electron chi connectivity index (χ4n) is 1.93. The van der Waals surface area contributed by atoms with Gasteiger partial charge in [-0.3, -0.25) is 9.59 Å². The molecule has 5 nitrogen and oxygen atoms in total. The second-order valence-electron chi connectivity index (χ2n) is 4.37. The minimum Gasteiger partial charge on any atom is -0.336 e. The van der Waals surface area contributed by atoms with E-state index in [1.165, 1.54) is 0 Å². The normalized spacial score (nSPS) is 22.8. The van der Waals surface area contributed by atoms with Gasteiger partial charge in [0.1, 0.15) is 0 Å². The van der Waals surface area contributed by atoms with E-state index in [2.05, 4.69) is 0 Å². The molecule has 0 spiro atoms. The number of hydrogen-bond donors (Lipinski definition) is 1. The molecule has 0 unspecified atom stereocenters. The molecule has 1 aliphatic carbocycles. The predicted molar refractivity (Wildman–Crippen MR) is 62.2 cm³/mol. The second kappa shape index (κ2) is 5.01. The third kappa shape index (κ3) is 2.65. The van der Waals surface area contributed by atoms with E-state index in [0.29, 0.717) is 19.1 Å². The van der Waals surface area contributed by atoms with Gasteiger partial charge in [-0.15, -0.1) is 12.4 Å². The van der Waals surface area contributed by atoms with Crippen LogP contribution >= 0.6 is 12.4 Å². The quantitative estimate of drug-likeness (QED) is 0.721. The maximum Gasteiger partial charge on any atom is 0.242 e. The molecule has 0 aromatic rings. The molecule has 2 rings (SSSR count). The topological polar surface area (TPSA) is 66.6 Å². The zero-order chi connectivity index (χ0) is 11.0. The van der Waals surface area contributed by atoms with Crippen LogP contribution in [0.2, 0.25) is 0 Å². The van der Waals surface area contributed by atoms with Crippen molar-refractivity contribution in [3.63, 3.8) is 0 Å². The predicted octanol–water partition coefficient (Wildman–Crippen LogP) is -0.411. The van der Waals surface area contributed by atoms with E-state index in [1.54, 1.807) is 11.8 Å². The molecule has 2 N–H and O–H groups in total. The zero-order valence-corrected chi connectivity index (χ0v) is 10.2. The monoisotopic (exact) mass is 247 g/mol. The smallest absolute Gasteiger partial charge is 0.242 e. The van der Waals surface area contributed by atoms with Crippen LogP contribution in [0.4, 0.5) is 0 Å². The Morgan fingerprint density at radius 1 is 1.44 bits per heavy atom. The molecule has 0 radical (unpaired) electrons. The molecule has 2 amide bonds. The molecule has 92 valence electrons. The number of nitrogens with zero attached hydrogens (tertiary/aromatic N) is 2.